The molecular weight excluding hydrogens is 354 g/mol. The Morgan fingerprint density at radius 3 is 2.65 bits per heavy atom. The van der Waals surface area contributed by atoms with Gasteiger partial charge >= 0.3 is 0 Å². The molecule has 0 spiro atoms. The van der Waals surface area contributed by atoms with E-state index >= 15 is 0 Å². The van der Waals surface area contributed by atoms with Gasteiger partial charge in [-0.05, 0) is 18.9 Å². The summed E-state index contributed by atoms with van der Waals surface area (Å²) in [5, 5.41) is 3.49. The zero-order chi connectivity index (χ0) is 18.6. The molecule has 0 bridgehead atoms. The van der Waals surface area contributed by atoms with Gasteiger partial charge < -0.3 is 20.5 Å². The van der Waals surface area contributed by atoms with Gasteiger partial charge in [-0.3, -0.25) is 9.69 Å². The SMILES string of the molecule is COc1cc(N)c(Cl)cc1C(=O)NCC1(N2CCOCC2)CCCCC1. The minimum Gasteiger partial charge on any atom is -0.496 e. The van der Waals surface area contributed by atoms with Crippen LogP contribution in [0.2, 0.25) is 5.02 Å². The van der Waals surface area contributed by atoms with Crippen LogP contribution in [0.4, 0.5) is 5.69 Å². The van der Waals surface area contributed by atoms with E-state index in [1.54, 1.807) is 12.1 Å². The number of ether oxygens (including phenoxy) is 2. The zero-order valence-electron chi connectivity index (χ0n) is 15.4. The molecule has 144 valence electrons. The average Bonchev–Trinajstić information content (AvgIpc) is 2.69. The number of halogens is 1. The maximum atomic E-state index is 12.8. The van der Waals surface area contributed by atoms with Gasteiger partial charge in [-0.1, -0.05) is 30.9 Å². The molecule has 0 unspecified atom stereocenters. The lowest BCUT2D eigenvalue weighted by Crippen LogP contribution is -2.59. The van der Waals surface area contributed by atoms with E-state index in [-0.39, 0.29) is 11.4 Å². The first-order valence-corrected chi connectivity index (χ1v) is 9.67. The Balaban J connectivity index is 1.74. The van der Waals surface area contributed by atoms with Crippen molar-refractivity contribution in [3.8, 4) is 5.75 Å². The number of hydrogen-bond donors (Lipinski definition) is 2. The lowest BCUT2D eigenvalue weighted by atomic mass is 9.79. The third kappa shape index (κ3) is 4.08. The largest absolute Gasteiger partial charge is 0.496 e. The maximum absolute atomic E-state index is 12.8. The van der Waals surface area contributed by atoms with Crippen molar-refractivity contribution in [1.82, 2.24) is 10.2 Å². The third-order valence-corrected chi connectivity index (χ3v) is 5.93. The summed E-state index contributed by atoms with van der Waals surface area (Å²) in [5.74, 6) is 0.260. The maximum Gasteiger partial charge on any atom is 0.255 e. The number of nitrogens with two attached hydrogens (primary N) is 1. The number of methoxy groups -OCH3 is 1. The van der Waals surface area contributed by atoms with Gasteiger partial charge in [0.25, 0.3) is 5.91 Å². The fourth-order valence-corrected chi connectivity index (χ4v) is 4.27. The molecule has 1 amide bonds. The molecule has 1 saturated heterocycles. The number of anilines is 1. The van der Waals surface area contributed by atoms with Crippen molar-refractivity contribution >= 4 is 23.2 Å². The van der Waals surface area contributed by atoms with Gasteiger partial charge in [-0.15, -0.1) is 0 Å². The molecule has 6 nitrogen and oxygen atoms in total. The quantitative estimate of drug-likeness (QED) is 0.767. The molecule has 0 radical (unpaired) electrons. The van der Waals surface area contributed by atoms with Crippen LogP contribution in [0.5, 0.6) is 5.75 Å². The third-order valence-electron chi connectivity index (χ3n) is 5.61. The topological polar surface area (TPSA) is 76.8 Å². The van der Waals surface area contributed by atoms with E-state index in [2.05, 4.69) is 10.2 Å². The van der Waals surface area contributed by atoms with Gasteiger partial charge in [0.1, 0.15) is 5.75 Å². The molecule has 1 heterocycles. The summed E-state index contributed by atoms with van der Waals surface area (Å²) in [5.41, 5.74) is 6.65. The summed E-state index contributed by atoms with van der Waals surface area (Å²) < 4.78 is 10.8. The van der Waals surface area contributed by atoms with Gasteiger partial charge in [0.15, 0.2) is 0 Å². The van der Waals surface area contributed by atoms with Crippen LogP contribution in [0.3, 0.4) is 0 Å². The Hall–Kier alpha value is -1.50. The molecule has 2 fully saturated rings. The predicted octanol–water partition coefficient (Wildman–Crippen LogP) is 2.70. The second-order valence-corrected chi connectivity index (χ2v) is 7.55. The van der Waals surface area contributed by atoms with E-state index in [0.717, 1.165) is 39.1 Å². The number of carbonyl (C=O) groups is 1. The van der Waals surface area contributed by atoms with Gasteiger partial charge in [-0.25, -0.2) is 0 Å². The second kappa shape index (κ2) is 8.46. The van der Waals surface area contributed by atoms with E-state index in [1.165, 1.54) is 26.4 Å². The highest BCUT2D eigenvalue weighted by Crippen LogP contribution is 2.34. The molecule has 26 heavy (non-hydrogen) atoms. The number of morpholine rings is 1. The Labute approximate surface area is 160 Å². The summed E-state index contributed by atoms with van der Waals surface area (Å²) in [6, 6.07) is 3.17. The lowest BCUT2D eigenvalue weighted by Gasteiger charge is -2.48. The van der Waals surface area contributed by atoms with E-state index in [0.29, 0.717) is 28.6 Å². The summed E-state index contributed by atoms with van der Waals surface area (Å²) >= 11 is 6.10. The van der Waals surface area contributed by atoms with Crippen LogP contribution in [-0.4, -0.2) is 56.3 Å². The van der Waals surface area contributed by atoms with Gasteiger partial charge in [0.05, 0.1) is 36.6 Å². The second-order valence-electron chi connectivity index (χ2n) is 7.14. The summed E-state index contributed by atoms with van der Waals surface area (Å²) in [7, 11) is 1.52. The highest BCUT2D eigenvalue weighted by atomic mass is 35.5. The van der Waals surface area contributed by atoms with Gasteiger partial charge in [-0.2, -0.15) is 0 Å². The van der Waals surface area contributed by atoms with Crippen molar-refractivity contribution in [2.24, 2.45) is 0 Å². The molecule has 1 aromatic carbocycles. The van der Waals surface area contributed by atoms with Crippen LogP contribution in [0.25, 0.3) is 0 Å². The van der Waals surface area contributed by atoms with Crippen molar-refractivity contribution in [1.29, 1.82) is 0 Å². The molecule has 1 saturated carbocycles. The Kier molecular flexibility index (Phi) is 6.27. The highest BCUT2D eigenvalue weighted by Gasteiger charge is 2.39. The van der Waals surface area contributed by atoms with Crippen molar-refractivity contribution in [2.75, 3.05) is 45.7 Å². The molecule has 0 atom stereocenters. The van der Waals surface area contributed by atoms with Crippen LogP contribution in [-0.2, 0) is 4.74 Å². The number of nitrogens with one attached hydrogen (secondary N) is 1. The first kappa shape index (κ1) is 19.3. The van der Waals surface area contributed by atoms with Crippen LogP contribution in [0.15, 0.2) is 12.1 Å². The van der Waals surface area contributed by atoms with Crippen molar-refractivity contribution in [3.63, 3.8) is 0 Å². The molecule has 7 heteroatoms. The van der Waals surface area contributed by atoms with Crippen molar-refractivity contribution in [2.45, 2.75) is 37.6 Å². The highest BCUT2D eigenvalue weighted by molar-refractivity contribution is 6.33. The fraction of sp³-hybridized carbons (Fsp3) is 0.632. The van der Waals surface area contributed by atoms with Gasteiger partial charge in [0.2, 0.25) is 0 Å². The first-order chi connectivity index (χ1) is 12.6. The molecule has 1 aliphatic carbocycles. The Morgan fingerprint density at radius 1 is 1.31 bits per heavy atom. The summed E-state index contributed by atoms with van der Waals surface area (Å²) in [6.45, 7) is 3.99. The normalized spacial score (nSPS) is 20.5. The van der Waals surface area contributed by atoms with E-state index in [4.69, 9.17) is 26.8 Å². The number of amides is 1. The van der Waals surface area contributed by atoms with Crippen LogP contribution in [0.1, 0.15) is 42.5 Å². The molecule has 3 N–H and O–H groups in total. The molecule has 0 aromatic heterocycles. The first-order valence-electron chi connectivity index (χ1n) is 9.30. The van der Waals surface area contributed by atoms with E-state index in [1.807, 2.05) is 0 Å². The molecular formula is C19H28ClN3O3. The standard InChI is InChI=1S/C19H28ClN3O3/c1-25-17-12-16(21)15(20)11-14(17)18(24)22-13-19(5-3-2-4-6-19)23-7-9-26-10-8-23/h11-12H,2-10,13,21H2,1H3,(H,22,24). The number of carbonyl (C=O) groups excluding carboxylic acids is 1. The zero-order valence-corrected chi connectivity index (χ0v) is 16.1. The molecule has 3 rings (SSSR count). The Bertz CT molecular complexity index is 641. The van der Waals surface area contributed by atoms with Crippen LogP contribution < -0.4 is 15.8 Å². The number of nitrogens with zero attached hydrogens (tertiary/aromatic N) is 1. The van der Waals surface area contributed by atoms with Crippen molar-refractivity contribution < 1.29 is 14.3 Å². The van der Waals surface area contributed by atoms with Crippen molar-refractivity contribution in [3.05, 3.63) is 22.7 Å². The average molecular weight is 382 g/mol. The number of rotatable bonds is 5. The van der Waals surface area contributed by atoms with Crippen LogP contribution >= 0.6 is 11.6 Å². The number of nitrogen functional groups attached to an aromatic ring is 1. The Morgan fingerprint density at radius 2 is 2.00 bits per heavy atom. The van der Waals surface area contributed by atoms with E-state index < -0.39 is 0 Å². The number of hydrogen-bond acceptors (Lipinski definition) is 5. The predicted molar refractivity (Wildman–Crippen MR) is 103 cm³/mol. The molecule has 1 aliphatic heterocycles. The minimum atomic E-state index is -0.179. The molecule has 1 aromatic rings. The molecule has 2 aliphatic rings. The van der Waals surface area contributed by atoms with Gasteiger partial charge in [0, 0.05) is 31.2 Å². The monoisotopic (exact) mass is 381 g/mol. The summed E-state index contributed by atoms with van der Waals surface area (Å²) in [6.07, 6.45) is 5.87. The van der Waals surface area contributed by atoms with E-state index in [9.17, 15) is 4.79 Å². The fourth-order valence-electron chi connectivity index (χ4n) is 4.11. The lowest BCUT2D eigenvalue weighted by molar-refractivity contribution is -0.0361. The van der Waals surface area contributed by atoms with Crippen LogP contribution in [0, 0.1) is 0 Å². The number of benzene rings is 1. The minimum absolute atomic E-state index is 0.0164. The smallest absolute Gasteiger partial charge is 0.255 e. The summed E-state index contributed by atoms with van der Waals surface area (Å²) in [4.78, 5) is 15.3.